The molecule has 4 nitrogen and oxygen atoms in total. The topological polar surface area (TPSA) is 44.8 Å². The molecule has 0 bridgehead atoms. The molecule has 120 valence electrons. The summed E-state index contributed by atoms with van der Waals surface area (Å²) in [5.74, 6) is 1.91. The van der Waals surface area contributed by atoms with E-state index >= 15 is 0 Å². The summed E-state index contributed by atoms with van der Waals surface area (Å²) in [4.78, 5) is 12.2. The van der Waals surface area contributed by atoms with E-state index in [1.807, 2.05) is 25.1 Å². The van der Waals surface area contributed by atoms with Crippen LogP contribution in [0.2, 0.25) is 0 Å². The Kier molecular flexibility index (Phi) is 5.80. The van der Waals surface area contributed by atoms with Gasteiger partial charge in [0.2, 0.25) is 0 Å². The molecule has 0 aliphatic heterocycles. The smallest absolute Gasteiger partial charge is 0.185 e. The summed E-state index contributed by atoms with van der Waals surface area (Å²) in [6.45, 7) is 2.46. The van der Waals surface area contributed by atoms with Gasteiger partial charge in [-0.2, -0.15) is 0 Å². The second kappa shape index (κ2) is 8.03. The van der Waals surface area contributed by atoms with Crippen LogP contribution in [0.15, 0.2) is 48.5 Å². The minimum absolute atomic E-state index is 0.0866. The van der Waals surface area contributed by atoms with Crippen LogP contribution in [-0.2, 0) is 0 Å². The van der Waals surface area contributed by atoms with E-state index in [9.17, 15) is 4.79 Å². The van der Waals surface area contributed by atoms with Gasteiger partial charge in [-0.05, 0) is 49.4 Å². The number of ketones is 1. The molecule has 0 amide bonds. The van der Waals surface area contributed by atoms with Crippen molar-refractivity contribution in [3.8, 4) is 17.2 Å². The Morgan fingerprint density at radius 2 is 1.78 bits per heavy atom. The van der Waals surface area contributed by atoms with E-state index < -0.39 is 0 Å². The van der Waals surface area contributed by atoms with Crippen LogP contribution in [0.3, 0.4) is 0 Å². The van der Waals surface area contributed by atoms with Crippen LogP contribution < -0.4 is 14.2 Å². The number of methoxy groups -OCH3 is 2. The quantitative estimate of drug-likeness (QED) is 0.572. The number of benzene rings is 2. The minimum atomic E-state index is -0.0866. The van der Waals surface area contributed by atoms with Gasteiger partial charge < -0.3 is 14.2 Å². The lowest BCUT2D eigenvalue weighted by atomic mass is 10.1. The summed E-state index contributed by atoms with van der Waals surface area (Å²) >= 11 is 0. The molecule has 0 aliphatic rings. The number of para-hydroxylation sites is 1. The second-order valence-electron chi connectivity index (χ2n) is 4.74. The number of carbonyl (C=O) groups is 1. The number of ether oxygens (including phenoxy) is 3. The number of carbonyl (C=O) groups excluding carboxylic acids is 1. The molecule has 0 spiro atoms. The predicted molar refractivity (Wildman–Crippen MR) is 90.5 cm³/mol. The van der Waals surface area contributed by atoms with Gasteiger partial charge in [-0.1, -0.05) is 12.1 Å². The predicted octanol–water partition coefficient (Wildman–Crippen LogP) is 4.00. The van der Waals surface area contributed by atoms with Crippen molar-refractivity contribution in [1.29, 1.82) is 0 Å². The van der Waals surface area contributed by atoms with Crippen LogP contribution in [0.25, 0.3) is 6.08 Å². The zero-order valence-corrected chi connectivity index (χ0v) is 13.5. The van der Waals surface area contributed by atoms with Crippen LogP contribution >= 0.6 is 0 Å². The lowest BCUT2D eigenvalue weighted by molar-refractivity contribution is 0.104. The summed E-state index contributed by atoms with van der Waals surface area (Å²) in [6.07, 6.45) is 3.25. The highest BCUT2D eigenvalue weighted by atomic mass is 16.5. The second-order valence-corrected chi connectivity index (χ2v) is 4.74. The summed E-state index contributed by atoms with van der Waals surface area (Å²) < 4.78 is 16.0. The van der Waals surface area contributed by atoms with Gasteiger partial charge in [-0.15, -0.1) is 0 Å². The first-order valence-corrected chi connectivity index (χ1v) is 7.35. The number of hydrogen-bond acceptors (Lipinski definition) is 4. The molecular formula is C19H20O4. The lowest BCUT2D eigenvalue weighted by Gasteiger charge is -2.11. The molecule has 0 heterocycles. The highest BCUT2D eigenvalue weighted by Crippen LogP contribution is 2.32. The Bertz CT molecular complexity index is 687. The summed E-state index contributed by atoms with van der Waals surface area (Å²) in [5.41, 5.74) is 1.39. The molecule has 0 fully saturated rings. The average Bonchev–Trinajstić information content (AvgIpc) is 2.60. The van der Waals surface area contributed by atoms with Crippen LogP contribution in [-0.4, -0.2) is 26.6 Å². The Hall–Kier alpha value is -2.75. The number of hydrogen-bond donors (Lipinski definition) is 0. The van der Waals surface area contributed by atoms with Crippen molar-refractivity contribution in [2.75, 3.05) is 20.8 Å². The van der Waals surface area contributed by atoms with E-state index in [1.165, 1.54) is 6.08 Å². The number of rotatable bonds is 7. The molecule has 2 aromatic rings. The first kappa shape index (κ1) is 16.6. The van der Waals surface area contributed by atoms with Crippen molar-refractivity contribution in [3.63, 3.8) is 0 Å². The largest absolute Gasteiger partial charge is 0.497 e. The van der Waals surface area contributed by atoms with Gasteiger partial charge in [0.1, 0.15) is 5.75 Å². The third kappa shape index (κ3) is 4.13. The van der Waals surface area contributed by atoms with Crippen molar-refractivity contribution in [1.82, 2.24) is 0 Å². The summed E-state index contributed by atoms with van der Waals surface area (Å²) in [5, 5.41) is 0. The van der Waals surface area contributed by atoms with E-state index in [-0.39, 0.29) is 5.78 Å². The highest BCUT2D eigenvalue weighted by Gasteiger charge is 2.08. The van der Waals surface area contributed by atoms with Crippen molar-refractivity contribution >= 4 is 11.9 Å². The van der Waals surface area contributed by atoms with E-state index in [0.29, 0.717) is 23.7 Å². The fraction of sp³-hybridized carbons (Fsp3) is 0.211. The van der Waals surface area contributed by atoms with Gasteiger partial charge in [0, 0.05) is 11.1 Å². The fourth-order valence-electron chi connectivity index (χ4n) is 2.17. The standard InChI is InChI=1S/C19H20O4/c1-4-23-18-7-5-6-15(19(18)22-3)10-13-17(20)14-8-11-16(21-2)12-9-14/h5-13H,4H2,1-3H3. The third-order valence-corrected chi connectivity index (χ3v) is 3.30. The van der Waals surface area contributed by atoms with Crippen molar-refractivity contribution in [2.45, 2.75) is 6.92 Å². The van der Waals surface area contributed by atoms with Crippen LogP contribution in [0.1, 0.15) is 22.8 Å². The zero-order chi connectivity index (χ0) is 16.7. The minimum Gasteiger partial charge on any atom is -0.497 e. The van der Waals surface area contributed by atoms with E-state index in [1.54, 1.807) is 44.6 Å². The maximum atomic E-state index is 12.2. The molecule has 2 rings (SSSR count). The molecule has 0 saturated carbocycles. The molecule has 2 aromatic carbocycles. The first-order chi connectivity index (χ1) is 11.2. The Morgan fingerprint density at radius 1 is 1.04 bits per heavy atom. The lowest BCUT2D eigenvalue weighted by Crippen LogP contribution is -1.97. The molecule has 0 radical (unpaired) electrons. The van der Waals surface area contributed by atoms with Crippen LogP contribution in [0.4, 0.5) is 0 Å². The molecular weight excluding hydrogens is 292 g/mol. The fourth-order valence-corrected chi connectivity index (χ4v) is 2.17. The van der Waals surface area contributed by atoms with Crippen LogP contribution in [0, 0.1) is 0 Å². The van der Waals surface area contributed by atoms with Crippen molar-refractivity contribution in [2.24, 2.45) is 0 Å². The Labute approximate surface area is 136 Å². The van der Waals surface area contributed by atoms with Gasteiger partial charge in [0.25, 0.3) is 0 Å². The molecule has 0 atom stereocenters. The van der Waals surface area contributed by atoms with Crippen LogP contribution in [0.5, 0.6) is 17.2 Å². The van der Waals surface area contributed by atoms with Gasteiger partial charge in [-0.25, -0.2) is 0 Å². The summed E-state index contributed by atoms with van der Waals surface area (Å²) in [7, 11) is 3.18. The van der Waals surface area contributed by atoms with E-state index in [2.05, 4.69) is 0 Å². The molecule has 0 N–H and O–H groups in total. The monoisotopic (exact) mass is 312 g/mol. The Morgan fingerprint density at radius 3 is 2.39 bits per heavy atom. The molecule has 0 saturated heterocycles. The molecule has 23 heavy (non-hydrogen) atoms. The van der Waals surface area contributed by atoms with Gasteiger partial charge in [-0.3, -0.25) is 4.79 Å². The zero-order valence-electron chi connectivity index (χ0n) is 13.5. The average molecular weight is 312 g/mol. The highest BCUT2D eigenvalue weighted by molar-refractivity contribution is 6.07. The molecule has 4 heteroatoms. The van der Waals surface area contributed by atoms with E-state index in [0.717, 1.165) is 11.3 Å². The van der Waals surface area contributed by atoms with Gasteiger partial charge >= 0.3 is 0 Å². The van der Waals surface area contributed by atoms with E-state index in [4.69, 9.17) is 14.2 Å². The molecule has 0 aliphatic carbocycles. The van der Waals surface area contributed by atoms with Gasteiger partial charge in [0.05, 0.1) is 20.8 Å². The maximum Gasteiger partial charge on any atom is 0.185 e. The molecule has 0 unspecified atom stereocenters. The molecule has 0 aromatic heterocycles. The van der Waals surface area contributed by atoms with Gasteiger partial charge in [0.15, 0.2) is 17.3 Å². The third-order valence-electron chi connectivity index (χ3n) is 3.30. The maximum absolute atomic E-state index is 12.2. The van der Waals surface area contributed by atoms with Crippen molar-refractivity contribution in [3.05, 3.63) is 59.7 Å². The Balaban J connectivity index is 2.21. The normalized spacial score (nSPS) is 10.6. The van der Waals surface area contributed by atoms with Crippen molar-refractivity contribution < 1.29 is 19.0 Å². The summed E-state index contributed by atoms with van der Waals surface area (Å²) in [6, 6.07) is 12.6. The first-order valence-electron chi connectivity index (χ1n) is 7.35. The number of allylic oxidation sites excluding steroid dienone is 1. The SMILES string of the molecule is CCOc1cccc(C=CC(=O)c2ccc(OC)cc2)c1OC.